The highest BCUT2D eigenvalue weighted by atomic mass is 79.9. The average molecular weight is 348 g/mol. The van der Waals surface area contributed by atoms with E-state index in [1.54, 1.807) is 10.7 Å². The molecule has 0 amide bonds. The summed E-state index contributed by atoms with van der Waals surface area (Å²) in [7, 11) is 0. The number of hydrogen-bond acceptors (Lipinski definition) is 4. The minimum absolute atomic E-state index is 0.0736. The van der Waals surface area contributed by atoms with E-state index in [0.717, 1.165) is 10.0 Å². The summed E-state index contributed by atoms with van der Waals surface area (Å²) in [5.41, 5.74) is 7.39. The third kappa shape index (κ3) is 2.92. The molecule has 2 aromatic carbocycles. The van der Waals surface area contributed by atoms with Crippen LogP contribution in [0.4, 0.5) is 10.1 Å². The number of nitrogen functional groups attached to an aromatic ring is 1. The minimum atomic E-state index is -0.454. The van der Waals surface area contributed by atoms with E-state index in [2.05, 4.69) is 31.5 Å². The van der Waals surface area contributed by atoms with Gasteiger partial charge in [-0.3, -0.25) is 0 Å². The van der Waals surface area contributed by atoms with Crippen molar-refractivity contribution < 1.29 is 4.39 Å². The van der Waals surface area contributed by atoms with Gasteiger partial charge in [0.25, 0.3) is 0 Å². The fourth-order valence-corrected chi connectivity index (χ4v) is 2.46. The van der Waals surface area contributed by atoms with Crippen molar-refractivity contribution in [3.05, 3.63) is 58.3 Å². The number of tetrazole rings is 1. The van der Waals surface area contributed by atoms with Gasteiger partial charge < -0.3 is 5.73 Å². The van der Waals surface area contributed by atoms with Crippen molar-refractivity contribution in [3.8, 4) is 11.4 Å². The van der Waals surface area contributed by atoms with Crippen LogP contribution in [0.3, 0.4) is 0 Å². The first-order valence-corrected chi connectivity index (χ1v) is 6.99. The van der Waals surface area contributed by atoms with Gasteiger partial charge in [0.1, 0.15) is 5.82 Å². The minimum Gasteiger partial charge on any atom is -0.396 e. The molecule has 1 heterocycles. The first-order valence-electron chi connectivity index (χ1n) is 6.19. The van der Waals surface area contributed by atoms with Crippen LogP contribution >= 0.6 is 15.9 Å². The molecular weight excluding hydrogens is 337 g/mol. The molecule has 0 bridgehead atoms. The summed E-state index contributed by atoms with van der Waals surface area (Å²) in [5.74, 6) is 0.0893. The van der Waals surface area contributed by atoms with Crippen LogP contribution in [-0.4, -0.2) is 20.2 Å². The van der Waals surface area contributed by atoms with Gasteiger partial charge >= 0.3 is 0 Å². The summed E-state index contributed by atoms with van der Waals surface area (Å²) in [6, 6.07) is 12.3. The molecule has 3 aromatic rings. The summed E-state index contributed by atoms with van der Waals surface area (Å²) < 4.78 is 15.9. The lowest BCUT2D eigenvalue weighted by Gasteiger charge is -2.06. The van der Waals surface area contributed by atoms with E-state index in [4.69, 9.17) is 5.73 Å². The predicted molar refractivity (Wildman–Crippen MR) is 80.9 cm³/mol. The molecule has 21 heavy (non-hydrogen) atoms. The molecule has 0 fully saturated rings. The molecule has 2 N–H and O–H groups in total. The number of halogens is 2. The molecule has 106 valence electrons. The van der Waals surface area contributed by atoms with Crippen molar-refractivity contribution in [2.24, 2.45) is 0 Å². The summed E-state index contributed by atoms with van der Waals surface area (Å²) in [5, 5.41) is 11.6. The Bertz CT molecular complexity index is 787. The molecule has 0 saturated carbocycles. The third-order valence-corrected chi connectivity index (χ3v) is 3.50. The van der Waals surface area contributed by atoms with Crippen LogP contribution in [0.15, 0.2) is 46.9 Å². The van der Waals surface area contributed by atoms with Crippen LogP contribution in [0.5, 0.6) is 0 Å². The number of anilines is 1. The maximum atomic E-state index is 13.2. The lowest BCUT2D eigenvalue weighted by molar-refractivity contribution is 0.632. The van der Waals surface area contributed by atoms with Gasteiger partial charge in [-0.2, -0.15) is 0 Å². The quantitative estimate of drug-likeness (QED) is 0.739. The van der Waals surface area contributed by atoms with Crippen LogP contribution < -0.4 is 5.73 Å². The van der Waals surface area contributed by atoms with Gasteiger partial charge in [-0.15, -0.1) is 5.10 Å². The second kappa shape index (κ2) is 5.61. The Morgan fingerprint density at radius 1 is 1.19 bits per heavy atom. The van der Waals surface area contributed by atoms with E-state index in [9.17, 15) is 4.39 Å². The Hall–Kier alpha value is -2.28. The molecule has 0 unspecified atom stereocenters. The van der Waals surface area contributed by atoms with Crippen LogP contribution in [-0.2, 0) is 6.54 Å². The molecule has 0 aliphatic heterocycles. The second-order valence-corrected chi connectivity index (χ2v) is 5.44. The zero-order valence-corrected chi connectivity index (χ0v) is 12.5. The molecule has 0 aliphatic rings. The Morgan fingerprint density at radius 2 is 2.05 bits per heavy atom. The molecule has 0 saturated heterocycles. The Labute approximate surface area is 128 Å². The molecule has 0 aliphatic carbocycles. The molecule has 7 heteroatoms. The number of aromatic nitrogens is 4. The van der Waals surface area contributed by atoms with Crippen molar-refractivity contribution in [3.63, 3.8) is 0 Å². The monoisotopic (exact) mass is 347 g/mol. The largest absolute Gasteiger partial charge is 0.396 e. The predicted octanol–water partition coefficient (Wildman–Crippen LogP) is 2.87. The van der Waals surface area contributed by atoms with Crippen molar-refractivity contribution >= 4 is 21.6 Å². The topological polar surface area (TPSA) is 69.6 Å². The maximum Gasteiger partial charge on any atom is 0.182 e. The molecular formula is C14H11BrFN5. The van der Waals surface area contributed by atoms with Crippen molar-refractivity contribution in [1.82, 2.24) is 20.2 Å². The lowest BCUT2D eigenvalue weighted by atomic mass is 10.1. The van der Waals surface area contributed by atoms with E-state index in [-0.39, 0.29) is 5.69 Å². The van der Waals surface area contributed by atoms with Gasteiger partial charge in [0.15, 0.2) is 5.82 Å². The van der Waals surface area contributed by atoms with E-state index < -0.39 is 5.82 Å². The summed E-state index contributed by atoms with van der Waals surface area (Å²) in [4.78, 5) is 0. The van der Waals surface area contributed by atoms with E-state index >= 15 is 0 Å². The zero-order valence-electron chi connectivity index (χ0n) is 10.9. The van der Waals surface area contributed by atoms with E-state index in [1.165, 1.54) is 12.1 Å². The number of benzene rings is 2. The lowest BCUT2D eigenvalue weighted by Crippen LogP contribution is -2.05. The van der Waals surface area contributed by atoms with E-state index in [0.29, 0.717) is 17.9 Å². The molecule has 0 spiro atoms. The van der Waals surface area contributed by atoms with Gasteiger partial charge in [0.05, 0.1) is 12.2 Å². The Balaban J connectivity index is 1.95. The number of rotatable bonds is 3. The Morgan fingerprint density at radius 3 is 2.81 bits per heavy atom. The van der Waals surface area contributed by atoms with Crippen LogP contribution in [0.2, 0.25) is 0 Å². The number of hydrogen-bond donors (Lipinski definition) is 1. The number of nitrogens with zero attached hydrogens (tertiary/aromatic N) is 4. The Kier molecular flexibility index (Phi) is 3.66. The SMILES string of the molecule is Nc1cc(-c2nnnn2Cc2cccc(Br)c2)ccc1F. The smallest absolute Gasteiger partial charge is 0.182 e. The standard InChI is InChI=1S/C14H11BrFN5/c15-11-3-1-2-9(6-11)8-21-14(18-19-20-21)10-4-5-12(16)13(17)7-10/h1-7H,8,17H2. The highest BCUT2D eigenvalue weighted by Crippen LogP contribution is 2.22. The molecule has 0 radical (unpaired) electrons. The molecule has 5 nitrogen and oxygen atoms in total. The maximum absolute atomic E-state index is 13.2. The van der Waals surface area contributed by atoms with Crippen molar-refractivity contribution in [1.29, 1.82) is 0 Å². The number of nitrogens with two attached hydrogens (primary N) is 1. The summed E-state index contributed by atoms with van der Waals surface area (Å²) in [6.45, 7) is 0.513. The van der Waals surface area contributed by atoms with Gasteiger partial charge in [-0.05, 0) is 46.3 Å². The summed E-state index contributed by atoms with van der Waals surface area (Å²) >= 11 is 3.43. The highest BCUT2D eigenvalue weighted by molar-refractivity contribution is 9.10. The zero-order chi connectivity index (χ0) is 14.8. The fraction of sp³-hybridized carbons (Fsp3) is 0.0714. The van der Waals surface area contributed by atoms with Gasteiger partial charge in [0, 0.05) is 10.0 Å². The average Bonchev–Trinajstić information content (AvgIpc) is 2.90. The van der Waals surface area contributed by atoms with E-state index in [1.807, 2.05) is 24.3 Å². The van der Waals surface area contributed by atoms with Crippen LogP contribution in [0.1, 0.15) is 5.56 Å². The van der Waals surface area contributed by atoms with Gasteiger partial charge in [-0.1, -0.05) is 28.1 Å². The van der Waals surface area contributed by atoms with Gasteiger partial charge in [0.2, 0.25) is 0 Å². The third-order valence-electron chi connectivity index (χ3n) is 3.01. The first-order chi connectivity index (χ1) is 10.1. The van der Waals surface area contributed by atoms with Crippen LogP contribution in [0, 0.1) is 5.82 Å². The highest BCUT2D eigenvalue weighted by Gasteiger charge is 2.11. The molecule has 1 aromatic heterocycles. The fourth-order valence-electron chi connectivity index (χ4n) is 2.01. The van der Waals surface area contributed by atoms with Crippen LogP contribution in [0.25, 0.3) is 11.4 Å². The summed E-state index contributed by atoms with van der Waals surface area (Å²) in [6.07, 6.45) is 0. The second-order valence-electron chi connectivity index (χ2n) is 4.53. The first kappa shape index (κ1) is 13.7. The molecule has 3 rings (SSSR count). The van der Waals surface area contributed by atoms with Gasteiger partial charge in [-0.25, -0.2) is 9.07 Å². The van der Waals surface area contributed by atoms with Crippen molar-refractivity contribution in [2.75, 3.05) is 5.73 Å². The molecule has 0 atom stereocenters. The van der Waals surface area contributed by atoms with Crippen molar-refractivity contribution in [2.45, 2.75) is 6.54 Å². The normalized spacial score (nSPS) is 10.8.